The molecule has 0 fully saturated rings. The van der Waals surface area contributed by atoms with Crippen molar-refractivity contribution < 1.29 is 4.79 Å². The van der Waals surface area contributed by atoms with E-state index in [1.54, 1.807) is 4.68 Å². The van der Waals surface area contributed by atoms with Crippen LogP contribution in [0.2, 0.25) is 0 Å². The van der Waals surface area contributed by atoms with E-state index in [1.165, 1.54) is 13.8 Å². The standard InChI is InChI=1S/C9H12N4O2/c1-9(2,12-15)7(14)8-10-6-4-3-5-13(6)11-8/h3-5H2,1-2H3. The summed E-state index contributed by atoms with van der Waals surface area (Å²) in [5, 5.41) is 6.85. The van der Waals surface area contributed by atoms with Gasteiger partial charge in [-0.1, -0.05) is 5.18 Å². The molecule has 1 aromatic rings. The quantitative estimate of drug-likeness (QED) is 0.547. The summed E-state index contributed by atoms with van der Waals surface area (Å²) in [6.45, 7) is 3.73. The normalized spacial score (nSPS) is 15.1. The summed E-state index contributed by atoms with van der Waals surface area (Å²) >= 11 is 0. The monoisotopic (exact) mass is 208 g/mol. The molecule has 0 unspecified atom stereocenters. The topological polar surface area (TPSA) is 77.2 Å². The lowest BCUT2D eigenvalue weighted by Gasteiger charge is -2.09. The van der Waals surface area contributed by atoms with Crippen LogP contribution in [0.3, 0.4) is 0 Å². The maximum atomic E-state index is 11.8. The first-order valence-electron chi connectivity index (χ1n) is 4.87. The molecule has 80 valence electrons. The molecule has 1 aliphatic heterocycles. The van der Waals surface area contributed by atoms with Crippen molar-refractivity contribution in [3.8, 4) is 0 Å². The number of nitrogens with zero attached hydrogens (tertiary/aromatic N) is 4. The fourth-order valence-corrected chi connectivity index (χ4v) is 1.54. The van der Waals surface area contributed by atoms with Crippen molar-refractivity contribution in [3.05, 3.63) is 16.6 Å². The minimum atomic E-state index is -1.28. The molecule has 6 nitrogen and oxygen atoms in total. The van der Waals surface area contributed by atoms with Crippen molar-refractivity contribution in [3.63, 3.8) is 0 Å². The van der Waals surface area contributed by atoms with Gasteiger partial charge in [-0.15, -0.1) is 10.0 Å². The van der Waals surface area contributed by atoms with E-state index in [9.17, 15) is 9.70 Å². The molecule has 2 heterocycles. The molecule has 0 radical (unpaired) electrons. The van der Waals surface area contributed by atoms with Gasteiger partial charge in [0.2, 0.25) is 11.6 Å². The third-order valence-corrected chi connectivity index (χ3v) is 2.51. The summed E-state index contributed by atoms with van der Waals surface area (Å²) in [6, 6.07) is 0. The molecule has 0 bridgehead atoms. The van der Waals surface area contributed by atoms with E-state index in [0.717, 1.165) is 25.2 Å². The van der Waals surface area contributed by atoms with Crippen molar-refractivity contribution in [2.75, 3.05) is 0 Å². The summed E-state index contributed by atoms with van der Waals surface area (Å²) in [6.07, 6.45) is 1.86. The van der Waals surface area contributed by atoms with Gasteiger partial charge in [0.1, 0.15) is 5.82 Å². The van der Waals surface area contributed by atoms with Crippen LogP contribution in [0.25, 0.3) is 0 Å². The summed E-state index contributed by atoms with van der Waals surface area (Å²) in [5.41, 5.74) is -1.28. The number of nitroso groups, excluding NO2 is 1. The fraction of sp³-hybridized carbons (Fsp3) is 0.667. The Morgan fingerprint density at radius 2 is 2.27 bits per heavy atom. The highest BCUT2D eigenvalue weighted by atomic mass is 16.3. The molecule has 1 aromatic heterocycles. The van der Waals surface area contributed by atoms with Gasteiger partial charge in [0.25, 0.3) is 0 Å². The Morgan fingerprint density at radius 3 is 2.87 bits per heavy atom. The van der Waals surface area contributed by atoms with E-state index in [2.05, 4.69) is 15.3 Å². The zero-order valence-electron chi connectivity index (χ0n) is 8.73. The van der Waals surface area contributed by atoms with E-state index in [0.29, 0.717) is 0 Å². The van der Waals surface area contributed by atoms with Crippen molar-refractivity contribution >= 4 is 5.78 Å². The number of aromatic nitrogens is 3. The lowest BCUT2D eigenvalue weighted by Crippen LogP contribution is -2.30. The number of carbonyl (C=O) groups excluding carboxylic acids is 1. The van der Waals surface area contributed by atoms with Gasteiger partial charge in [-0.05, 0) is 20.3 Å². The highest BCUT2D eigenvalue weighted by molar-refractivity contribution is 5.99. The summed E-state index contributed by atoms with van der Waals surface area (Å²) < 4.78 is 1.72. The van der Waals surface area contributed by atoms with Crippen LogP contribution in [0.4, 0.5) is 0 Å². The van der Waals surface area contributed by atoms with Gasteiger partial charge in [0.15, 0.2) is 5.54 Å². The maximum Gasteiger partial charge on any atom is 0.232 e. The Kier molecular flexibility index (Phi) is 2.13. The van der Waals surface area contributed by atoms with Crippen LogP contribution in [0, 0.1) is 4.91 Å². The lowest BCUT2D eigenvalue weighted by atomic mass is 10.0. The van der Waals surface area contributed by atoms with Gasteiger partial charge < -0.3 is 0 Å². The predicted molar refractivity (Wildman–Crippen MR) is 52.5 cm³/mol. The van der Waals surface area contributed by atoms with E-state index >= 15 is 0 Å². The first-order chi connectivity index (χ1) is 7.04. The summed E-state index contributed by atoms with van der Waals surface area (Å²) in [4.78, 5) is 26.4. The first kappa shape index (κ1) is 9.95. The molecule has 0 aromatic carbocycles. The zero-order chi connectivity index (χ0) is 11.1. The van der Waals surface area contributed by atoms with E-state index in [-0.39, 0.29) is 5.82 Å². The smallest absolute Gasteiger partial charge is 0.232 e. The molecule has 0 saturated heterocycles. The van der Waals surface area contributed by atoms with Gasteiger partial charge in [-0.25, -0.2) is 9.67 Å². The Morgan fingerprint density at radius 1 is 1.53 bits per heavy atom. The number of Topliss-reactive ketones (excluding diaryl/α,β-unsaturated/α-hetero) is 1. The van der Waals surface area contributed by atoms with E-state index in [4.69, 9.17) is 0 Å². The Balaban J connectivity index is 2.31. The van der Waals surface area contributed by atoms with E-state index < -0.39 is 11.3 Å². The van der Waals surface area contributed by atoms with Crippen LogP contribution in [0.15, 0.2) is 5.18 Å². The number of rotatable bonds is 3. The minimum absolute atomic E-state index is 0.106. The van der Waals surface area contributed by atoms with Gasteiger partial charge in [0.05, 0.1) is 0 Å². The molecule has 1 aliphatic rings. The second-order valence-corrected chi connectivity index (χ2v) is 4.16. The second-order valence-electron chi connectivity index (χ2n) is 4.16. The Hall–Kier alpha value is -1.59. The Labute approximate surface area is 86.7 Å². The molecule has 6 heteroatoms. The third-order valence-electron chi connectivity index (χ3n) is 2.51. The molecule has 15 heavy (non-hydrogen) atoms. The fourth-order valence-electron chi connectivity index (χ4n) is 1.54. The van der Waals surface area contributed by atoms with Crippen LogP contribution in [-0.2, 0) is 13.0 Å². The molecule has 0 spiro atoms. The number of aryl methyl sites for hydroxylation is 2. The number of ketones is 1. The van der Waals surface area contributed by atoms with Gasteiger partial charge >= 0.3 is 0 Å². The van der Waals surface area contributed by atoms with Crippen LogP contribution in [-0.4, -0.2) is 26.1 Å². The third kappa shape index (κ3) is 1.55. The molecule has 2 rings (SSSR count). The lowest BCUT2D eigenvalue weighted by molar-refractivity contribution is 0.0903. The van der Waals surface area contributed by atoms with Crippen molar-refractivity contribution in [2.24, 2.45) is 5.18 Å². The van der Waals surface area contributed by atoms with Crippen molar-refractivity contribution in [1.82, 2.24) is 14.8 Å². The average Bonchev–Trinajstić information content (AvgIpc) is 2.75. The molecule has 0 aliphatic carbocycles. The molecule has 0 N–H and O–H groups in total. The highest BCUT2D eigenvalue weighted by Gasteiger charge is 2.34. The summed E-state index contributed by atoms with van der Waals surface area (Å²) in [5.74, 6) is 0.508. The zero-order valence-corrected chi connectivity index (χ0v) is 8.73. The number of hydrogen-bond acceptors (Lipinski definition) is 5. The second kappa shape index (κ2) is 3.22. The average molecular weight is 208 g/mol. The van der Waals surface area contributed by atoms with Crippen molar-refractivity contribution in [1.29, 1.82) is 0 Å². The van der Waals surface area contributed by atoms with Crippen LogP contribution >= 0.6 is 0 Å². The van der Waals surface area contributed by atoms with Crippen LogP contribution in [0.5, 0.6) is 0 Å². The van der Waals surface area contributed by atoms with Gasteiger partial charge in [-0.3, -0.25) is 4.79 Å². The largest absolute Gasteiger partial charge is 0.288 e. The SMILES string of the molecule is CC(C)(N=O)C(=O)c1nc2n(n1)CCC2. The van der Waals surface area contributed by atoms with E-state index in [1.807, 2.05) is 0 Å². The molecular weight excluding hydrogens is 196 g/mol. The van der Waals surface area contributed by atoms with Gasteiger partial charge in [-0.2, -0.15) is 0 Å². The number of fused-ring (bicyclic) bond motifs is 1. The highest BCUT2D eigenvalue weighted by Crippen LogP contribution is 2.17. The van der Waals surface area contributed by atoms with Crippen LogP contribution < -0.4 is 0 Å². The van der Waals surface area contributed by atoms with Gasteiger partial charge in [0, 0.05) is 13.0 Å². The Bertz CT molecular complexity index is 400. The van der Waals surface area contributed by atoms with Crippen molar-refractivity contribution in [2.45, 2.75) is 38.8 Å². The minimum Gasteiger partial charge on any atom is -0.288 e. The first-order valence-corrected chi connectivity index (χ1v) is 4.87. The molecule has 0 saturated carbocycles. The molecule has 0 amide bonds. The molecule has 0 atom stereocenters. The number of hydrogen-bond donors (Lipinski definition) is 0. The van der Waals surface area contributed by atoms with Crippen LogP contribution in [0.1, 0.15) is 36.7 Å². The predicted octanol–water partition coefficient (Wildman–Crippen LogP) is 0.952. The molecular formula is C9H12N4O2. The summed E-state index contributed by atoms with van der Waals surface area (Å²) in [7, 11) is 0. The number of carbonyl (C=O) groups is 1. The maximum absolute atomic E-state index is 11.8.